The number of rotatable bonds is 2. The van der Waals surface area contributed by atoms with Crippen molar-refractivity contribution in [2.45, 2.75) is 0 Å². The maximum atomic E-state index is 6.24. The van der Waals surface area contributed by atoms with Crippen molar-refractivity contribution in [1.82, 2.24) is 24.8 Å². The molecule has 3 aromatic heterocycles. The van der Waals surface area contributed by atoms with E-state index in [0.717, 1.165) is 20.6 Å². The zero-order valence-corrected chi connectivity index (χ0v) is 14.1. The standard InChI is InChI=1S/C14H7BrClN5S/c15-9-5-8(6-17-7-9)12-18-19-14-21(12)20-13(22-14)10-3-1-2-4-11(10)16/h1-7H. The lowest BCUT2D eigenvalue weighted by atomic mass is 10.2. The molecule has 0 spiro atoms. The highest BCUT2D eigenvalue weighted by molar-refractivity contribution is 9.10. The van der Waals surface area contributed by atoms with Gasteiger partial charge in [-0.2, -0.15) is 9.61 Å². The van der Waals surface area contributed by atoms with E-state index >= 15 is 0 Å². The topological polar surface area (TPSA) is 56.0 Å². The van der Waals surface area contributed by atoms with E-state index in [1.54, 1.807) is 16.9 Å². The van der Waals surface area contributed by atoms with E-state index in [1.807, 2.05) is 30.3 Å². The van der Waals surface area contributed by atoms with Gasteiger partial charge in [0, 0.05) is 28.0 Å². The largest absolute Gasteiger partial charge is 0.263 e. The molecule has 0 atom stereocenters. The van der Waals surface area contributed by atoms with Gasteiger partial charge in [0.25, 0.3) is 0 Å². The van der Waals surface area contributed by atoms with Crippen LogP contribution in [-0.4, -0.2) is 24.8 Å². The number of pyridine rings is 1. The third-order valence-corrected chi connectivity index (χ3v) is 4.75. The van der Waals surface area contributed by atoms with E-state index < -0.39 is 0 Å². The van der Waals surface area contributed by atoms with Crippen molar-refractivity contribution in [3.8, 4) is 22.0 Å². The number of hydrogen-bond donors (Lipinski definition) is 0. The van der Waals surface area contributed by atoms with Gasteiger partial charge in [0.1, 0.15) is 5.01 Å². The van der Waals surface area contributed by atoms with Crippen LogP contribution < -0.4 is 0 Å². The van der Waals surface area contributed by atoms with Gasteiger partial charge < -0.3 is 0 Å². The van der Waals surface area contributed by atoms with E-state index in [9.17, 15) is 0 Å². The lowest BCUT2D eigenvalue weighted by Gasteiger charge is -1.99. The molecule has 3 heterocycles. The molecule has 0 fully saturated rings. The van der Waals surface area contributed by atoms with Gasteiger partial charge in [0.05, 0.1) is 5.02 Å². The monoisotopic (exact) mass is 391 g/mol. The Labute approximate surface area is 142 Å². The Morgan fingerprint density at radius 2 is 2.00 bits per heavy atom. The molecule has 0 N–H and O–H groups in total. The highest BCUT2D eigenvalue weighted by Crippen LogP contribution is 2.32. The van der Waals surface area contributed by atoms with Crippen molar-refractivity contribution < 1.29 is 0 Å². The van der Waals surface area contributed by atoms with Gasteiger partial charge in [-0.3, -0.25) is 4.98 Å². The summed E-state index contributed by atoms with van der Waals surface area (Å²) in [6.07, 6.45) is 3.45. The molecule has 22 heavy (non-hydrogen) atoms. The Hall–Kier alpha value is -1.83. The average Bonchev–Trinajstić information content (AvgIpc) is 3.07. The molecule has 0 aliphatic rings. The molecule has 108 valence electrons. The summed E-state index contributed by atoms with van der Waals surface area (Å²) >= 11 is 11.1. The van der Waals surface area contributed by atoms with Crippen LogP contribution in [-0.2, 0) is 0 Å². The molecule has 0 saturated heterocycles. The first kappa shape index (κ1) is 13.8. The van der Waals surface area contributed by atoms with Crippen molar-refractivity contribution in [2.75, 3.05) is 0 Å². The van der Waals surface area contributed by atoms with Gasteiger partial charge in [-0.05, 0) is 28.1 Å². The molecule has 0 unspecified atom stereocenters. The molecular weight excluding hydrogens is 386 g/mol. The summed E-state index contributed by atoms with van der Waals surface area (Å²) in [5, 5.41) is 14.4. The quantitative estimate of drug-likeness (QED) is 0.509. The number of nitrogens with zero attached hydrogens (tertiary/aromatic N) is 5. The number of halogens is 2. The number of fused-ring (bicyclic) bond motifs is 1. The van der Waals surface area contributed by atoms with Gasteiger partial charge >= 0.3 is 0 Å². The third kappa shape index (κ3) is 2.31. The maximum Gasteiger partial charge on any atom is 0.235 e. The van der Waals surface area contributed by atoms with E-state index in [2.05, 4.69) is 36.2 Å². The maximum absolute atomic E-state index is 6.24. The van der Waals surface area contributed by atoms with Crippen LogP contribution in [0.2, 0.25) is 5.02 Å². The highest BCUT2D eigenvalue weighted by atomic mass is 79.9. The first-order valence-electron chi connectivity index (χ1n) is 6.30. The van der Waals surface area contributed by atoms with E-state index in [4.69, 9.17) is 11.6 Å². The Kier molecular flexibility index (Phi) is 3.40. The molecule has 1 aromatic carbocycles. The molecule has 4 aromatic rings. The van der Waals surface area contributed by atoms with Gasteiger partial charge in [0.2, 0.25) is 4.96 Å². The van der Waals surface area contributed by atoms with Gasteiger partial charge in [-0.1, -0.05) is 41.1 Å². The predicted octanol–water partition coefficient (Wildman–Crippen LogP) is 4.33. The third-order valence-electron chi connectivity index (χ3n) is 3.06. The fourth-order valence-corrected chi connectivity index (χ4v) is 3.60. The Morgan fingerprint density at radius 3 is 2.82 bits per heavy atom. The minimum atomic E-state index is 0.651. The van der Waals surface area contributed by atoms with E-state index in [0.29, 0.717) is 15.8 Å². The van der Waals surface area contributed by atoms with Crippen molar-refractivity contribution >= 4 is 43.8 Å². The van der Waals surface area contributed by atoms with Crippen molar-refractivity contribution in [2.24, 2.45) is 0 Å². The average molecular weight is 393 g/mol. The normalized spacial score (nSPS) is 11.2. The van der Waals surface area contributed by atoms with Crippen LogP contribution in [0, 0.1) is 0 Å². The summed E-state index contributed by atoms with van der Waals surface area (Å²) in [6, 6.07) is 9.54. The molecule has 0 bridgehead atoms. The van der Waals surface area contributed by atoms with Crippen molar-refractivity contribution in [1.29, 1.82) is 0 Å². The Bertz CT molecular complexity index is 980. The molecule has 0 amide bonds. The van der Waals surface area contributed by atoms with Crippen LogP contribution in [0.25, 0.3) is 26.9 Å². The zero-order chi connectivity index (χ0) is 15.1. The van der Waals surface area contributed by atoms with Gasteiger partial charge in [-0.15, -0.1) is 10.2 Å². The molecule has 0 aliphatic carbocycles. The van der Waals surface area contributed by atoms with Crippen LogP contribution in [0.5, 0.6) is 0 Å². The minimum absolute atomic E-state index is 0.651. The predicted molar refractivity (Wildman–Crippen MR) is 90.0 cm³/mol. The summed E-state index contributed by atoms with van der Waals surface area (Å²) in [7, 11) is 0. The fourth-order valence-electron chi connectivity index (χ4n) is 2.07. The summed E-state index contributed by atoms with van der Waals surface area (Å²) in [5.41, 5.74) is 1.73. The fraction of sp³-hybridized carbons (Fsp3) is 0. The van der Waals surface area contributed by atoms with Crippen LogP contribution in [0.15, 0.2) is 47.2 Å². The van der Waals surface area contributed by atoms with Crippen LogP contribution in [0.3, 0.4) is 0 Å². The molecule has 0 radical (unpaired) electrons. The highest BCUT2D eigenvalue weighted by Gasteiger charge is 2.16. The molecule has 0 aliphatic heterocycles. The van der Waals surface area contributed by atoms with E-state index in [1.165, 1.54) is 11.3 Å². The second kappa shape index (κ2) is 5.42. The SMILES string of the molecule is Clc1ccccc1-c1nn2c(-c3cncc(Br)c3)nnc2s1. The Balaban J connectivity index is 1.88. The lowest BCUT2D eigenvalue weighted by Crippen LogP contribution is -1.92. The van der Waals surface area contributed by atoms with E-state index in [-0.39, 0.29) is 0 Å². The summed E-state index contributed by atoms with van der Waals surface area (Å²) in [5.74, 6) is 0.651. The van der Waals surface area contributed by atoms with Crippen LogP contribution >= 0.6 is 38.9 Å². The summed E-state index contributed by atoms with van der Waals surface area (Å²) < 4.78 is 2.59. The van der Waals surface area contributed by atoms with Gasteiger partial charge in [0.15, 0.2) is 5.82 Å². The number of aromatic nitrogens is 5. The van der Waals surface area contributed by atoms with Crippen molar-refractivity contribution in [3.63, 3.8) is 0 Å². The van der Waals surface area contributed by atoms with Crippen LogP contribution in [0.4, 0.5) is 0 Å². The molecule has 4 rings (SSSR count). The molecule has 8 heteroatoms. The summed E-state index contributed by atoms with van der Waals surface area (Å²) in [6.45, 7) is 0. The Morgan fingerprint density at radius 1 is 1.14 bits per heavy atom. The first-order chi connectivity index (χ1) is 10.7. The second-order valence-corrected chi connectivity index (χ2v) is 6.78. The number of hydrogen-bond acceptors (Lipinski definition) is 5. The summed E-state index contributed by atoms with van der Waals surface area (Å²) in [4.78, 5) is 4.87. The second-order valence-electron chi connectivity index (χ2n) is 4.50. The van der Waals surface area contributed by atoms with Crippen molar-refractivity contribution in [3.05, 3.63) is 52.2 Å². The smallest absolute Gasteiger partial charge is 0.235 e. The molecule has 5 nitrogen and oxygen atoms in total. The van der Waals surface area contributed by atoms with Crippen LogP contribution in [0.1, 0.15) is 0 Å². The minimum Gasteiger partial charge on any atom is -0.263 e. The number of benzene rings is 1. The van der Waals surface area contributed by atoms with Gasteiger partial charge in [-0.25, -0.2) is 0 Å². The molecular formula is C14H7BrClN5S. The molecule has 0 saturated carbocycles. The first-order valence-corrected chi connectivity index (χ1v) is 8.29. The lowest BCUT2D eigenvalue weighted by molar-refractivity contribution is 0.968. The zero-order valence-electron chi connectivity index (χ0n) is 10.9.